The van der Waals surface area contributed by atoms with Crippen molar-refractivity contribution >= 4 is 21.7 Å². The number of hydrogen-bond donors (Lipinski definition) is 1. The third-order valence-electron chi connectivity index (χ3n) is 4.63. The average molecular weight is 368 g/mol. The van der Waals surface area contributed by atoms with E-state index in [0.29, 0.717) is 18.8 Å². The van der Waals surface area contributed by atoms with Crippen LogP contribution < -0.4 is 9.64 Å². The van der Waals surface area contributed by atoms with Gasteiger partial charge in [0.15, 0.2) is 6.10 Å². The Bertz CT molecular complexity index is 716. The van der Waals surface area contributed by atoms with Crippen LogP contribution in [0.1, 0.15) is 25.7 Å². The minimum absolute atomic E-state index is 0.00557. The first kappa shape index (κ1) is 18.0. The lowest BCUT2D eigenvalue weighted by Gasteiger charge is -2.38. The van der Waals surface area contributed by atoms with Crippen LogP contribution in [0.4, 0.5) is 5.69 Å². The monoisotopic (exact) mass is 368 g/mol. The summed E-state index contributed by atoms with van der Waals surface area (Å²) < 4.78 is 36.7. The first-order valence-corrected chi connectivity index (χ1v) is 10.3. The van der Waals surface area contributed by atoms with Crippen LogP contribution in [-0.4, -0.2) is 61.8 Å². The second kappa shape index (κ2) is 7.61. The van der Waals surface area contributed by atoms with Gasteiger partial charge in [0.2, 0.25) is 0 Å². The van der Waals surface area contributed by atoms with Gasteiger partial charge in [0.1, 0.15) is 5.75 Å². The molecule has 0 aliphatic carbocycles. The molecule has 8 heteroatoms. The number of piperidine rings is 1. The number of fused-ring (bicyclic) bond motifs is 1. The summed E-state index contributed by atoms with van der Waals surface area (Å²) in [6.45, 7) is 2.36. The molecule has 2 aliphatic heterocycles. The van der Waals surface area contributed by atoms with Crippen LogP contribution in [0.3, 0.4) is 0 Å². The number of rotatable bonds is 5. The molecule has 3 rings (SSSR count). The normalized spacial score (nSPS) is 20.8. The van der Waals surface area contributed by atoms with Gasteiger partial charge in [-0.2, -0.15) is 8.42 Å². The highest BCUT2D eigenvalue weighted by Gasteiger charge is 2.33. The number of ether oxygens (including phenoxy) is 1. The van der Waals surface area contributed by atoms with E-state index < -0.39 is 16.2 Å². The Kier molecular flexibility index (Phi) is 5.48. The molecule has 0 radical (unpaired) electrons. The fourth-order valence-electron chi connectivity index (χ4n) is 3.40. The summed E-state index contributed by atoms with van der Waals surface area (Å²) in [6, 6.07) is 7.44. The van der Waals surface area contributed by atoms with Crippen LogP contribution in [0, 0.1) is 0 Å². The molecule has 1 aromatic rings. The molecule has 7 nitrogen and oxygen atoms in total. The number of hydrogen-bond acceptors (Lipinski definition) is 5. The van der Waals surface area contributed by atoms with Crippen LogP contribution >= 0.6 is 0 Å². The molecular weight excluding hydrogens is 344 g/mol. The highest BCUT2D eigenvalue weighted by atomic mass is 32.2. The molecule has 0 aromatic heterocycles. The molecule has 25 heavy (non-hydrogen) atoms. The zero-order valence-corrected chi connectivity index (χ0v) is 15.0. The van der Waals surface area contributed by atoms with Gasteiger partial charge in [-0.25, -0.2) is 0 Å². The minimum Gasteiger partial charge on any atom is -0.477 e. The first-order chi connectivity index (χ1) is 11.9. The highest BCUT2D eigenvalue weighted by molar-refractivity contribution is 7.85. The Balaban J connectivity index is 1.72. The SMILES string of the molecule is O=C([C@H]1CN(CCCS(=O)(=O)O)c2ccccc2O1)N1CCCCC1. The number of benzene rings is 1. The number of para-hydroxylation sites is 2. The molecule has 1 atom stereocenters. The van der Waals surface area contributed by atoms with Gasteiger partial charge in [0, 0.05) is 19.6 Å². The zero-order chi connectivity index (χ0) is 17.9. The molecule has 1 N–H and O–H groups in total. The number of anilines is 1. The van der Waals surface area contributed by atoms with Crippen LogP contribution in [0.25, 0.3) is 0 Å². The van der Waals surface area contributed by atoms with Crippen LogP contribution in [0.5, 0.6) is 5.75 Å². The maximum absolute atomic E-state index is 12.8. The molecule has 2 heterocycles. The molecule has 1 amide bonds. The molecular formula is C17H24N2O5S. The van der Waals surface area contributed by atoms with Crippen molar-refractivity contribution in [2.75, 3.05) is 36.8 Å². The summed E-state index contributed by atoms with van der Waals surface area (Å²) in [7, 11) is -3.98. The van der Waals surface area contributed by atoms with Crippen molar-refractivity contribution in [2.45, 2.75) is 31.8 Å². The van der Waals surface area contributed by atoms with Gasteiger partial charge in [-0.3, -0.25) is 9.35 Å². The summed E-state index contributed by atoms with van der Waals surface area (Å²) >= 11 is 0. The quantitative estimate of drug-likeness (QED) is 0.794. The van der Waals surface area contributed by atoms with E-state index in [-0.39, 0.29) is 18.1 Å². The van der Waals surface area contributed by atoms with E-state index >= 15 is 0 Å². The highest BCUT2D eigenvalue weighted by Crippen LogP contribution is 2.33. The summed E-state index contributed by atoms with van der Waals surface area (Å²) in [5, 5.41) is 0. The average Bonchev–Trinajstić information content (AvgIpc) is 2.60. The van der Waals surface area contributed by atoms with Crippen molar-refractivity contribution in [1.82, 2.24) is 4.90 Å². The fraction of sp³-hybridized carbons (Fsp3) is 0.588. The van der Waals surface area contributed by atoms with Gasteiger partial charge < -0.3 is 14.5 Å². The van der Waals surface area contributed by atoms with Crippen LogP contribution in [0.15, 0.2) is 24.3 Å². The second-order valence-corrected chi connectivity index (χ2v) is 8.12. The van der Waals surface area contributed by atoms with Gasteiger partial charge in [-0.15, -0.1) is 0 Å². The molecule has 2 aliphatic rings. The molecule has 0 unspecified atom stereocenters. The Morgan fingerprint density at radius 2 is 1.92 bits per heavy atom. The molecule has 138 valence electrons. The van der Waals surface area contributed by atoms with E-state index in [2.05, 4.69) is 0 Å². The Labute approximate surface area is 148 Å². The number of likely N-dealkylation sites (tertiary alicyclic amines) is 1. The van der Waals surface area contributed by atoms with E-state index in [0.717, 1.165) is 38.0 Å². The smallest absolute Gasteiger partial charge is 0.265 e. The maximum atomic E-state index is 12.8. The largest absolute Gasteiger partial charge is 0.477 e. The molecule has 0 saturated carbocycles. The Morgan fingerprint density at radius 3 is 2.64 bits per heavy atom. The predicted octanol–water partition coefficient (Wildman–Crippen LogP) is 1.54. The lowest BCUT2D eigenvalue weighted by molar-refractivity contribution is -0.139. The summed E-state index contributed by atoms with van der Waals surface area (Å²) in [6.07, 6.45) is 2.90. The first-order valence-electron chi connectivity index (χ1n) is 8.68. The molecule has 0 bridgehead atoms. The lowest BCUT2D eigenvalue weighted by Crippen LogP contribution is -2.51. The third kappa shape index (κ3) is 4.64. The zero-order valence-electron chi connectivity index (χ0n) is 14.1. The standard InChI is InChI=1S/C17H24N2O5S/c20-17(18-9-4-1-5-10-18)16-13-19(11-6-12-25(21,22)23)14-7-2-3-8-15(14)24-16/h2-3,7-8,16H,1,4-6,9-13H2,(H,21,22,23)/t16-/m1/s1. The van der Waals surface area contributed by atoms with E-state index in [9.17, 15) is 13.2 Å². The van der Waals surface area contributed by atoms with Crippen LogP contribution in [0.2, 0.25) is 0 Å². The molecule has 0 spiro atoms. The van der Waals surface area contributed by atoms with Gasteiger partial charge >= 0.3 is 0 Å². The summed E-state index contributed by atoms with van der Waals surface area (Å²) in [5.41, 5.74) is 0.848. The Hall–Kier alpha value is -1.80. The molecule has 1 aromatic carbocycles. The molecule has 1 saturated heterocycles. The number of carbonyl (C=O) groups excluding carboxylic acids is 1. The van der Waals surface area contributed by atoms with E-state index in [1.807, 2.05) is 34.1 Å². The van der Waals surface area contributed by atoms with E-state index in [4.69, 9.17) is 9.29 Å². The Morgan fingerprint density at radius 1 is 1.20 bits per heavy atom. The van der Waals surface area contributed by atoms with Crippen molar-refractivity contribution in [3.63, 3.8) is 0 Å². The van der Waals surface area contributed by atoms with Crippen LogP contribution in [-0.2, 0) is 14.9 Å². The van der Waals surface area contributed by atoms with Gasteiger partial charge in [0.25, 0.3) is 16.0 Å². The third-order valence-corrected chi connectivity index (χ3v) is 5.44. The fourth-order valence-corrected chi connectivity index (χ4v) is 3.90. The van der Waals surface area contributed by atoms with E-state index in [1.54, 1.807) is 0 Å². The van der Waals surface area contributed by atoms with Gasteiger partial charge in [-0.1, -0.05) is 12.1 Å². The van der Waals surface area contributed by atoms with Crippen molar-refractivity contribution in [3.05, 3.63) is 24.3 Å². The maximum Gasteiger partial charge on any atom is 0.265 e. The lowest BCUT2D eigenvalue weighted by atomic mass is 10.1. The predicted molar refractivity (Wildman–Crippen MR) is 94.5 cm³/mol. The number of carbonyl (C=O) groups is 1. The molecule has 1 fully saturated rings. The summed E-state index contributed by atoms with van der Waals surface area (Å²) in [4.78, 5) is 16.6. The van der Waals surface area contributed by atoms with Crippen molar-refractivity contribution < 1.29 is 22.5 Å². The van der Waals surface area contributed by atoms with Crippen molar-refractivity contribution in [2.24, 2.45) is 0 Å². The number of nitrogens with zero attached hydrogens (tertiary/aromatic N) is 2. The number of amides is 1. The van der Waals surface area contributed by atoms with Gasteiger partial charge in [-0.05, 0) is 37.8 Å². The van der Waals surface area contributed by atoms with Gasteiger partial charge in [0.05, 0.1) is 18.0 Å². The minimum atomic E-state index is -3.98. The van der Waals surface area contributed by atoms with Crippen molar-refractivity contribution in [3.8, 4) is 5.75 Å². The second-order valence-electron chi connectivity index (χ2n) is 6.55. The van der Waals surface area contributed by atoms with E-state index in [1.165, 1.54) is 0 Å². The van der Waals surface area contributed by atoms with Crippen molar-refractivity contribution in [1.29, 1.82) is 0 Å². The topological polar surface area (TPSA) is 87.2 Å². The summed E-state index contributed by atoms with van der Waals surface area (Å²) in [5.74, 6) is 0.335.